The first-order valence-corrected chi connectivity index (χ1v) is 9.58. The van der Waals surface area contributed by atoms with Gasteiger partial charge in [0.25, 0.3) is 0 Å². The molecule has 0 spiro atoms. The van der Waals surface area contributed by atoms with Crippen LogP contribution in [-0.4, -0.2) is 31.3 Å². The number of hydrogen-bond acceptors (Lipinski definition) is 3. The Kier molecular flexibility index (Phi) is 3.61. The zero-order valence-electron chi connectivity index (χ0n) is 14.9. The van der Waals surface area contributed by atoms with Crippen molar-refractivity contribution in [2.45, 2.75) is 32.3 Å². The van der Waals surface area contributed by atoms with Crippen LogP contribution in [0, 0.1) is 12.8 Å². The summed E-state index contributed by atoms with van der Waals surface area (Å²) in [5.74, 6) is 1.38. The maximum atomic E-state index is 9.85. The van der Waals surface area contributed by atoms with Crippen molar-refractivity contribution in [2.24, 2.45) is 5.92 Å². The summed E-state index contributed by atoms with van der Waals surface area (Å²) in [5.41, 5.74) is 9.30. The van der Waals surface area contributed by atoms with Crippen LogP contribution in [0.5, 0.6) is 0 Å². The number of benzene rings is 2. The van der Waals surface area contributed by atoms with Crippen molar-refractivity contribution in [3.8, 4) is 11.1 Å². The number of aryl methyl sites for hydroxylation is 2. The Morgan fingerprint density at radius 1 is 1.20 bits per heavy atom. The summed E-state index contributed by atoms with van der Waals surface area (Å²) in [4.78, 5) is 2.63. The minimum atomic E-state index is 0.100. The molecule has 3 heterocycles. The van der Waals surface area contributed by atoms with E-state index in [1.54, 1.807) is 0 Å². The summed E-state index contributed by atoms with van der Waals surface area (Å²) in [5, 5.41) is 13.5. The molecule has 5 rings (SSSR count). The molecular formula is C22H26N2O. The molecule has 1 fully saturated rings. The van der Waals surface area contributed by atoms with Gasteiger partial charge in [-0.15, -0.1) is 0 Å². The highest BCUT2D eigenvalue weighted by atomic mass is 16.3. The quantitative estimate of drug-likeness (QED) is 0.885. The molecular weight excluding hydrogens is 308 g/mol. The van der Waals surface area contributed by atoms with E-state index in [2.05, 4.69) is 47.5 Å². The predicted molar refractivity (Wildman–Crippen MR) is 102 cm³/mol. The molecule has 0 bridgehead atoms. The third kappa shape index (κ3) is 2.41. The SMILES string of the molecule is Cc1ccc(-c2cc3c4c(c2)[C@@H]2CNC[C@@H]2CN4CCC3)c(CO)c1. The maximum Gasteiger partial charge on any atom is 0.0687 e. The van der Waals surface area contributed by atoms with Crippen molar-refractivity contribution in [2.75, 3.05) is 31.1 Å². The van der Waals surface area contributed by atoms with Gasteiger partial charge in [0.2, 0.25) is 0 Å². The van der Waals surface area contributed by atoms with Gasteiger partial charge in [-0.25, -0.2) is 0 Å². The van der Waals surface area contributed by atoms with Gasteiger partial charge < -0.3 is 15.3 Å². The Morgan fingerprint density at radius 2 is 2.12 bits per heavy atom. The van der Waals surface area contributed by atoms with Crippen molar-refractivity contribution in [3.05, 3.63) is 52.6 Å². The van der Waals surface area contributed by atoms with E-state index in [-0.39, 0.29) is 6.61 Å². The fourth-order valence-corrected chi connectivity index (χ4v) is 5.20. The average Bonchev–Trinajstić information content (AvgIpc) is 3.10. The van der Waals surface area contributed by atoms with Crippen molar-refractivity contribution in [1.82, 2.24) is 5.32 Å². The summed E-state index contributed by atoms with van der Waals surface area (Å²) >= 11 is 0. The van der Waals surface area contributed by atoms with Gasteiger partial charge in [0.1, 0.15) is 0 Å². The first-order valence-electron chi connectivity index (χ1n) is 9.58. The van der Waals surface area contributed by atoms with Crippen molar-refractivity contribution >= 4 is 5.69 Å². The Balaban J connectivity index is 1.70. The molecule has 130 valence electrons. The van der Waals surface area contributed by atoms with Gasteiger partial charge in [-0.3, -0.25) is 0 Å². The van der Waals surface area contributed by atoms with Crippen LogP contribution in [0.2, 0.25) is 0 Å². The summed E-state index contributed by atoms with van der Waals surface area (Å²) in [6.07, 6.45) is 2.43. The number of aliphatic hydroxyl groups is 1. The van der Waals surface area contributed by atoms with E-state index in [4.69, 9.17) is 0 Å². The highest BCUT2D eigenvalue weighted by molar-refractivity contribution is 5.76. The van der Waals surface area contributed by atoms with Gasteiger partial charge in [0.15, 0.2) is 0 Å². The van der Waals surface area contributed by atoms with Gasteiger partial charge in [-0.2, -0.15) is 0 Å². The van der Waals surface area contributed by atoms with Crippen molar-refractivity contribution < 1.29 is 5.11 Å². The zero-order chi connectivity index (χ0) is 17.0. The Hall–Kier alpha value is -1.84. The molecule has 0 radical (unpaired) electrons. The van der Waals surface area contributed by atoms with Crippen LogP contribution < -0.4 is 10.2 Å². The molecule has 2 N–H and O–H groups in total. The third-order valence-electron chi connectivity index (χ3n) is 6.34. The van der Waals surface area contributed by atoms with E-state index in [0.717, 1.165) is 24.6 Å². The molecule has 2 aromatic carbocycles. The Labute approximate surface area is 149 Å². The highest BCUT2D eigenvalue weighted by Gasteiger charge is 2.38. The molecule has 0 aromatic heterocycles. The van der Waals surface area contributed by atoms with Gasteiger partial charge in [0, 0.05) is 37.8 Å². The van der Waals surface area contributed by atoms with E-state index in [9.17, 15) is 5.11 Å². The smallest absolute Gasteiger partial charge is 0.0687 e. The number of rotatable bonds is 2. The van der Waals surface area contributed by atoms with Gasteiger partial charge in [-0.05, 0) is 65.6 Å². The van der Waals surface area contributed by atoms with Crippen LogP contribution in [0.3, 0.4) is 0 Å². The van der Waals surface area contributed by atoms with Crippen LogP contribution in [0.15, 0.2) is 30.3 Å². The van der Waals surface area contributed by atoms with Crippen LogP contribution in [0.4, 0.5) is 5.69 Å². The van der Waals surface area contributed by atoms with E-state index < -0.39 is 0 Å². The molecule has 1 saturated heterocycles. The van der Waals surface area contributed by atoms with Crippen molar-refractivity contribution in [3.63, 3.8) is 0 Å². The maximum absolute atomic E-state index is 9.85. The largest absolute Gasteiger partial charge is 0.392 e. The number of aliphatic hydroxyl groups excluding tert-OH is 1. The second-order valence-corrected chi connectivity index (χ2v) is 7.97. The second kappa shape index (κ2) is 5.86. The van der Waals surface area contributed by atoms with E-state index in [0.29, 0.717) is 5.92 Å². The van der Waals surface area contributed by atoms with E-state index in [1.807, 2.05) is 0 Å². The number of anilines is 1. The Morgan fingerprint density at radius 3 is 3.00 bits per heavy atom. The molecule has 3 nitrogen and oxygen atoms in total. The van der Waals surface area contributed by atoms with Gasteiger partial charge in [0.05, 0.1) is 6.61 Å². The molecule has 3 heteroatoms. The first kappa shape index (κ1) is 15.4. The third-order valence-corrected chi connectivity index (χ3v) is 6.34. The van der Waals surface area contributed by atoms with Crippen LogP contribution in [-0.2, 0) is 13.0 Å². The van der Waals surface area contributed by atoms with Crippen LogP contribution in [0.1, 0.15) is 34.6 Å². The number of nitrogens with zero attached hydrogens (tertiary/aromatic N) is 1. The van der Waals surface area contributed by atoms with Crippen LogP contribution in [0.25, 0.3) is 11.1 Å². The predicted octanol–water partition coefficient (Wildman–Crippen LogP) is 3.22. The standard InChI is InChI=1S/C22H26N2O/c1-14-4-5-19(17(7-14)13-25)16-8-15-3-2-6-24-12-18-10-23-11-21(18)20(9-16)22(15)24/h4-5,7-9,18,21,23,25H,2-3,6,10-13H2,1H3/t18-,21-/m1/s1. The molecule has 0 saturated carbocycles. The molecule has 0 unspecified atom stereocenters. The lowest BCUT2D eigenvalue weighted by Crippen LogP contribution is -2.41. The highest BCUT2D eigenvalue weighted by Crippen LogP contribution is 2.46. The minimum absolute atomic E-state index is 0.100. The molecule has 3 aliphatic rings. The fraction of sp³-hybridized carbons (Fsp3) is 0.455. The summed E-state index contributed by atoms with van der Waals surface area (Å²) in [7, 11) is 0. The zero-order valence-corrected chi connectivity index (χ0v) is 14.9. The van der Waals surface area contributed by atoms with E-state index >= 15 is 0 Å². The molecule has 25 heavy (non-hydrogen) atoms. The molecule has 2 atom stereocenters. The Bertz CT molecular complexity index is 829. The first-order chi connectivity index (χ1) is 12.2. The summed E-state index contributed by atoms with van der Waals surface area (Å²) in [6, 6.07) is 11.3. The molecule has 3 aliphatic heterocycles. The van der Waals surface area contributed by atoms with Crippen molar-refractivity contribution in [1.29, 1.82) is 0 Å². The average molecular weight is 334 g/mol. The molecule has 0 aliphatic carbocycles. The lowest BCUT2D eigenvalue weighted by molar-refractivity contribution is 0.282. The van der Waals surface area contributed by atoms with Gasteiger partial charge >= 0.3 is 0 Å². The number of nitrogens with one attached hydrogen (secondary N) is 1. The second-order valence-electron chi connectivity index (χ2n) is 7.97. The topological polar surface area (TPSA) is 35.5 Å². The molecule has 2 aromatic rings. The summed E-state index contributed by atoms with van der Waals surface area (Å²) in [6.45, 7) is 6.86. The minimum Gasteiger partial charge on any atom is -0.392 e. The van der Waals surface area contributed by atoms with E-state index in [1.165, 1.54) is 59.4 Å². The molecule has 0 amide bonds. The lowest BCUT2D eigenvalue weighted by Gasteiger charge is -2.42. The monoisotopic (exact) mass is 334 g/mol. The fourth-order valence-electron chi connectivity index (χ4n) is 5.20. The lowest BCUT2D eigenvalue weighted by atomic mass is 9.78. The summed E-state index contributed by atoms with van der Waals surface area (Å²) < 4.78 is 0. The normalized spacial score (nSPS) is 24.2. The van der Waals surface area contributed by atoms with Gasteiger partial charge in [-0.1, -0.05) is 23.8 Å². The number of fused-ring (bicyclic) bond motifs is 2. The number of hydrogen-bond donors (Lipinski definition) is 2. The van der Waals surface area contributed by atoms with Crippen LogP contribution >= 0.6 is 0 Å².